The fraction of sp³-hybridized carbons (Fsp3) is 1.00. The molecule has 1 unspecified atom stereocenters. The summed E-state index contributed by atoms with van der Waals surface area (Å²) in [7, 11) is 0. The fourth-order valence-corrected chi connectivity index (χ4v) is 3.87. The third-order valence-electron chi connectivity index (χ3n) is 5.49. The van der Waals surface area contributed by atoms with Crippen LogP contribution in [-0.2, 0) is 0 Å². The molecule has 0 amide bonds. The molecule has 1 atom stereocenters. The van der Waals surface area contributed by atoms with Gasteiger partial charge in [-0.2, -0.15) is 0 Å². The molecule has 2 rings (SSSR count). The van der Waals surface area contributed by atoms with E-state index in [1.807, 2.05) is 13.8 Å². The molecule has 132 valence electrons. The van der Waals surface area contributed by atoms with Crippen molar-refractivity contribution < 1.29 is 0 Å². The highest BCUT2D eigenvalue weighted by atomic mass is 15.3. The average molecular weight is 312 g/mol. The second-order valence-electron chi connectivity index (χ2n) is 7.14. The van der Waals surface area contributed by atoms with Crippen LogP contribution in [0.4, 0.5) is 0 Å². The summed E-state index contributed by atoms with van der Waals surface area (Å²) in [4.78, 5) is 7.95. The van der Waals surface area contributed by atoms with Gasteiger partial charge in [0.1, 0.15) is 0 Å². The van der Waals surface area contributed by atoms with Gasteiger partial charge in [0.2, 0.25) is 0 Å². The Hall–Kier alpha value is -0.120. The Bertz CT molecular complexity index is 272. The molecule has 0 radical (unpaired) electrons. The lowest BCUT2D eigenvalue weighted by Crippen LogP contribution is -2.52. The Balaban J connectivity index is 0.00000116. The van der Waals surface area contributed by atoms with Crippen molar-refractivity contribution in [3.8, 4) is 0 Å². The molecular formula is C19H41N3. The highest BCUT2D eigenvalue weighted by Crippen LogP contribution is 2.22. The SMILES string of the molecule is CC.CCN1CCN(CCC2CCN(C(C)C)CC2)CC1C. The number of likely N-dealkylation sites (tertiary alicyclic amines) is 1. The fourth-order valence-electron chi connectivity index (χ4n) is 3.87. The second kappa shape index (κ2) is 10.6. The van der Waals surface area contributed by atoms with E-state index in [9.17, 15) is 0 Å². The van der Waals surface area contributed by atoms with Gasteiger partial charge in [0.15, 0.2) is 0 Å². The van der Waals surface area contributed by atoms with Crippen LogP contribution in [0, 0.1) is 5.92 Å². The molecule has 0 saturated carbocycles. The number of hydrogen-bond acceptors (Lipinski definition) is 3. The van der Waals surface area contributed by atoms with Gasteiger partial charge in [-0.25, -0.2) is 0 Å². The average Bonchev–Trinajstić information content (AvgIpc) is 2.55. The van der Waals surface area contributed by atoms with Crippen LogP contribution >= 0.6 is 0 Å². The predicted octanol–water partition coefficient (Wildman–Crippen LogP) is 3.55. The van der Waals surface area contributed by atoms with E-state index in [-0.39, 0.29) is 0 Å². The van der Waals surface area contributed by atoms with Crippen molar-refractivity contribution in [2.24, 2.45) is 5.92 Å². The molecule has 0 aromatic heterocycles. The van der Waals surface area contributed by atoms with E-state index in [0.29, 0.717) is 0 Å². The van der Waals surface area contributed by atoms with Gasteiger partial charge < -0.3 is 9.80 Å². The zero-order valence-corrected chi connectivity index (χ0v) is 16.1. The molecule has 2 aliphatic heterocycles. The van der Waals surface area contributed by atoms with Crippen LogP contribution in [0.25, 0.3) is 0 Å². The number of nitrogens with zero attached hydrogens (tertiary/aromatic N) is 3. The lowest BCUT2D eigenvalue weighted by molar-refractivity contribution is 0.0775. The minimum Gasteiger partial charge on any atom is -0.301 e. The van der Waals surface area contributed by atoms with Crippen molar-refractivity contribution in [3.63, 3.8) is 0 Å². The first-order chi connectivity index (χ1) is 10.6. The summed E-state index contributed by atoms with van der Waals surface area (Å²) in [5, 5.41) is 0. The largest absolute Gasteiger partial charge is 0.301 e. The molecule has 0 N–H and O–H groups in total. The molecule has 3 heteroatoms. The van der Waals surface area contributed by atoms with Crippen molar-refractivity contribution in [1.82, 2.24) is 14.7 Å². The molecule has 0 spiro atoms. The summed E-state index contributed by atoms with van der Waals surface area (Å²) in [5.74, 6) is 0.976. The standard InChI is InChI=1S/C17H35N3.C2H6/c1-5-19-13-12-18(14-16(19)4)9-6-17-7-10-20(11-8-17)15(2)3;1-2/h15-17H,5-14H2,1-4H3;1-2H3. The zero-order chi connectivity index (χ0) is 16.5. The Kier molecular flexibility index (Phi) is 9.62. The molecule has 22 heavy (non-hydrogen) atoms. The van der Waals surface area contributed by atoms with Gasteiger partial charge in [0.25, 0.3) is 0 Å². The van der Waals surface area contributed by atoms with Crippen molar-refractivity contribution >= 4 is 0 Å². The summed E-state index contributed by atoms with van der Waals surface area (Å²) in [6, 6.07) is 1.48. The van der Waals surface area contributed by atoms with Crippen LogP contribution in [0.3, 0.4) is 0 Å². The van der Waals surface area contributed by atoms with Crippen molar-refractivity contribution in [1.29, 1.82) is 0 Å². The number of piperidine rings is 1. The van der Waals surface area contributed by atoms with Crippen molar-refractivity contribution in [2.75, 3.05) is 45.8 Å². The van der Waals surface area contributed by atoms with Gasteiger partial charge >= 0.3 is 0 Å². The number of piperazine rings is 1. The lowest BCUT2D eigenvalue weighted by Gasteiger charge is -2.40. The maximum Gasteiger partial charge on any atom is 0.0195 e. The number of rotatable bonds is 5. The normalized spacial score (nSPS) is 26.0. The zero-order valence-electron chi connectivity index (χ0n) is 16.1. The molecule has 2 aliphatic rings. The van der Waals surface area contributed by atoms with Gasteiger partial charge in [0.05, 0.1) is 0 Å². The Morgan fingerprint density at radius 1 is 1.00 bits per heavy atom. The summed E-state index contributed by atoms with van der Waals surface area (Å²) in [5.41, 5.74) is 0. The molecule has 2 heterocycles. The topological polar surface area (TPSA) is 9.72 Å². The van der Waals surface area contributed by atoms with Gasteiger partial charge in [-0.3, -0.25) is 4.90 Å². The molecule has 0 aromatic carbocycles. The third kappa shape index (κ3) is 6.17. The smallest absolute Gasteiger partial charge is 0.0195 e. The van der Waals surface area contributed by atoms with E-state index in [4.69, 9.17) is 0 Å². The molecule has 0 aromatic rings. The van der Waals surface area contributed by atoms with Gasteiger partial charge in [-0.05, 0) is 72.1 Å². The van der Waals surface area contributed by atoms with Crippen LogP contribution in [0.2, 0.25) is 0 Å². The van der Waals surface area contributed by atoms with Crippen molar-refractivity contribution in [3.05, 3.63) is 0 Å². The van der Waals surface area contributed by atoms with Crippen LogP contribution < -0.4 is 0 Å². The Labute approximate surface area is 140 Å². The first kappa shape index (κ1) is 19.9. The third-order valence-corrected chi connectivity index (χ3v) is 5.49. The monoisotopic (exact) mass is 311 g/mol. The minimum atomic E-state index is 0.735. The lowest BCUT2D eigenvalue weighted by atomic mass is 9.92. The maximum atomic E-state index is 2.70. The van der Waals surface area contributed by atoms with Crippen LogP contribution in [0.15, 0.2) is 0 Å². The van der Waals surface area contributed by atoms with Gasteiger partial charge in [0, 0.05) is 31.7 Å². The first-order valence-electron chi connectivity index (χ1n) is 9.80. The number of hydrogen-bond donors (Lipinski definition) is 0. The highest BCUT2D eigenvalue weighted by Gasteiger charge is 2.24. The van der Waals surface area contributed by atoms with E-state index >= 15 is 0 Å². The van der Waals surface area contributed by atoms with Crippen molar-refractivity contribution in [2.45, 2.75) is 72.9 Å². The Morgan fingerprint density at radius 2 is 1.64 bits per heavy atom. The van der Waals surface area contributed by atoms with E-state index in [1.54, 1.807) is 0 Å². The van der Waals surface area contributed by atoms with Crippen LogP contribution in [-0.4, -0.2) is 72.6 Å². The molecule has 2 fully saturated rings. The van der Waals surface area contributed by atoms with Crippen LogP contribution in [0.5, 0.6) is 0 Å². The highest BCUT2D eigenvalue weighted by molar-refractivity contribution is 4.80. The van der Waals surface area contributed by atoms with E-state index in [1.165, 1.54) is 65.1 Å². The molecule has 0 aliphatic carbocycles. The summed E-state index contributed by atoms with van der Waals surface area (Å²) in [6.07, 6.45) is 4.26. The van der Waals surface area contributed by atoms with E-state index in [2.05, 4.69) is 42.4 Å². The van der Waals surface area contributed by atoms with Gasteiger partial charge in [-0.15, -0.1) is 0 Å². The molecular weight excluding hydrogens is 270 g/mol. The van der Waals surface area contributed by atoms with E-state index < -0.39 is 0 Å². The quantitative estimate of drug-likeness (QED) is 0.769. The Morgan fingerprint density at radius 3 is 2.14 bits per heavy atom. The minimum absolute atomic E-state index is 0.735. The predicted molar refractivity (Wildman–Crippen MR) is 98.5 cm³/mol. The second-order valence-corrected chi connectivity index (χ2v) is 7.14. The maximum absolute atomic E-state index is 2.70. The van der Waals surface area contributed by atoms with Gasteiger partial charge in [-0.1, -0.05) is 20.8 Å². The number of likely N-dealkylation sites (N-methyl/N-ethyl adjacent to an activating group) is 1. The summed E-state index contributed by atoms with van der Waals surface area (Å²) in [6.45, 7) is 22.3. The van der Waals surface area contributed by atoms with E-state index in [0.717, 1.165) is 18.0 Å². The molecule has 3 nitrogen and oxygen atoms in total. The summed E-state index contributed by atoms with van der Waals surface area (Å²) >= 11 is 0. The summed E-state index contributed by atoms with van der Waals surface area (Å²) < 4.78 is 0. The van der Waals surface area contributed by atoms with Crippen LogP contribution in [0.1, 0.15) is 60.8 Å². The first-order valence-corrected chi connectivity index (χ1v) is 9.80. The molecule has 2 saturated heterocycles. The molecule has 0 bridgehead atoms.